The van der Waals surface area contributed by atoms with E-state index in [0.29, 0.717) is 19.3 Å². The fourth-order valence-corrected chi connectivity index (χ4v) is 8.47. The van der Waals surface area contributed by atoms with Gasteiger partial charge in [-0.3, -0.25) is 43.2 Å². The van der Waals surface area contributed by atoms with Crippen LogP contribution in [0.2, 0.25) is 0 Å². The molecule has 19 heteroatoms. The van der Waals surface area contributed by atoms with Gasteiger partial charge in [-0.1, -0.05) is 127 Å². The standard InChI is InChI=1S/C58H101N9O10/c1-34(2)21-44(57(75)67-49(39(11)12)28-53(71)61-30-41(14)56(74)66-46(23-36(5)6)26-54(72)77-33-43-19-17-16-18-20-43)31-62-50(68)24-42(15)64-58(76)47(37(7)8)32-63-51(69)25-45(22-35(3)4)65-55(73)40(13)29-60-52(70)27-48(59)38(9)10/h16-20,34-42,44-49H,21-33,59H2,1-15H3,(H,60,70)(H,61,71)(H,62,68)(H,63,69)(H,64,76)(H,65,73)(H,66,74)(H,67,75)/t40-,41-,42-,44-,45-,46-,47+,48+,49+/m0/s1. The van der Waals surface area contributed by atoms with Crippen LogP contribution >= 0.6 is 0 Å². The topological polar surface area (TPSA) is 285 Å². The minimum absolute atomic E-state index is 0.00117. The number of esters is 1. The molecule has 0 spiro atoms. The SMILES string of the molecule is CC(C)C[C@@H](CC(=O)NC[C@@H](C(=O)N[C@@H](C)CC(=O)NC[C@H](CC(C)C)C(=O)N[C@H](CC(=O)NC[C@H](C)C(=O)N[C@H](CC(=O)OCc1ccccc1)CC(C)C)C(C)C)C(C)C)NC(=O)[C@@H](C)CNC(=O)C[C@@H](N)C(C)C. The Morgan fingerprint density at radius 2 is 0.922 bits per heavy atom. The zero-order valence-electron chi connectivity index (χ0n) is 49.4. The molecule has 10 N–H and O–H groups in total. The number of nitrogens with two attached hydrogens (primary N) is 1. The fourth-order valence-electron chi connectivity index (χ4n) is 8.47. The molecule has 0 bridgehead atoms. The molecule has 438 valence electrons. The van der Waals surface area contributed by atoms with Gasteiger partial charge < -0.3 is 53.0 Å². The third-order valence-electron chi connectivity index (χ3n) is 13.4. The number of nitrogens with one attached hydrogen (secondary N) is 8. The number of ether oxygens (including phenoxy) is 1. The van der Waals surface area contributed by atoms with Crippen LogP contribution in [-0.4, -0.2) is 110 Å². The molecule has 0 saturated carbocycles. The first kappa shape index (κ1) is 69.4. The molecule has 0 aliphatic heterocycles. The van der Waals surface area contributed by atoms with Crippen LogP contribution in [0.4, 0.5) is 0 Å². The van der Waals surface area contributed by atoms with Crippen molar-refractivity contribution in [1.29, 1.82) is 0 Å². The van der Waals surface area contributed by atoms with Gasteiger partial charge in [0.15, 0.2) is 0 Å². The third kappa shape index (κ3) is 30.8. The highest BCUT2D eigenvalue weighted by Crippen LogP contribution is 2.17. The van der Waals surface area contributed by atoms with Gasteiger partial charge >= 0.3 is 5.97 Å². The zero-order valence-corrected chi connectivity index (χ0v) is 49.4. The van der Waals surface area contributed by atoms with E-state index in [9.17, 15) is 43.2 Å². The molecule has 1 aromatic carbocycles. The lowest BCUT2D eigenvalue weighted by Crippen LogP contribution is -2.48. The van der Waals surface area contributed by atoms with Crippen LogP contribution in [0.5, 0.6) is 0 Å². The molecule has 9 atom stereocenters. The highest BCUT2D eigenvalue weighted by atomic mass is 16.5. The van der Waals surface area contributed by atoms with Crippen LogP contribution in [0.25, 0.3) is 0 Å². The van der Waals surface area contributed by atoms with Crippen molar-refractivity contribution in [2.75, 3.05) is 26.2 Å². The van der Waals surface area contributed by atoms with Crippen LogP contribution in [0.15, 0.2) is 30.3 Å². The summed E-state index contributed by atoms with van der Waals surface area (Å²) in [6, 6.07) is 7.04. The summed E-state index contributed by atoms with van der Waals surface area (Å²) >= 11 is 0. The first-order valence-corrected chi connectivity index (χ1v) is 28.2. The van der Waals surface area contributed by atoms with E-state index in [4.69, 9.17) is 10.5 Å². The Morgan fingerprint density at radius 3 is 1.42 bits per heavy atom. The molecule has 77 heavy (non-hydrogen) atoms. The number of amides is 8. The summed E-state index contributed by atoms with van der Waals surface area (Å²) in [5, 5.41) is 23.2. The predicted octanol–water partition coefficient (Wildman–Crippen LogP) is 5.04. The van der Waals surface area contributed by atoms with E-state index >= 15 is 0 Å². The predicted molar refractivity (Wildman–Crippen MR) is 301 cm³/mol. The van der Waals surface area contributed by atoms with Crippen LogP contribution in [0.1, 0.15) is 161 Å². The van der Waals surface area contributed by atoms with Crippen molar-refractivity contribution < 1.29 is 47.9 Å². The zero-order chi connectivity index (χ0) is 58.5. The van der Waals surface area contributed by atoms with Crippen molar-refractivity contribution in [3.8, 4) is 0 Å². The Balaban J connectivity index is 2.76. The maximum absolute atomic E-state index is 13.8. The second-order valence-electron chi connectivity index (χ2n) is 23.7. The highest BCUT2D eigenvalue weighted by Gasteiger charge is 2.30. The summed E-state index contributed by atoms with van der Waals surface area (Å²) in [4.78, 5) is 119. The van der Waals surface area contributed by atoms with Gasteiger partial charge in [0.05, 0.1) is 30.1 Å². The maximum atomic E-state index is 13.8. The van der Waals surface area contributed by atoms with Gasteiger partial charge in [0.2, 0.25) is 47.3 Å². The molecule has 0 aliphatic rings. The van der Waals surface area contributed by atoms with Crippen molar-refractivity contribution >= 4 is 53.2 Å². The Morgan fingerprint density at radius 1 is 0.455 bits per heavy atom. The molecular weight excluding hydrogens is 983 g/mol. The van der Waals surface area contributed by atoms with Gasteiger partial charge in [0.25, 0.3) is 0 Å². The Hall–Kier alpha value is -5.59. The molecule has 0 fully saturated rings. The van der Waals surface area contributed by atoms with E-state index in [-0.39, 0.29) is 154 Å². The average molecular weight is 1080 g/mol. The molecular formula is C58H101N9O10. The number of rotatable bonds is 37. The minimum atomic E-state index is -0.616. The van der Waals surface area contributed by atoms with Crippen molar-refractivity contribution in [2.45, 2.75) is 192 Å². The van der Waals surface area contributed by atoms with Gasteiger partial charge in [-0.15, -0.1) is 0 Å². The lowest BCUT2D eigenvalue weighted by molar-refractivity contribution is -0.146. The van der Waals surface area contributed by atoms with Gasteiger partial charge in [0, 0.05) is 82.1 Å². The highest BCUT2D eigenvalue weighted by molar-refractivity contribution is 5.85. The van der Waals surface area contributed by atoms with Crippen molar-refractivity contribution in [1.82, 2.24) is 42.5 Å². The molecule has 0 aromatic heterocycles. The Kier molecular flexibility index (Phi) is 32.9. The van der Waals surface area contributed by atoms with Crippen LogP contribution in [0, 0.1) is 59.2 Å². The number of carbonyl (C=O) groups excluding carboxylic acids is 9. The molecule has 0 aliphatic carbocycles. The summed E-state index contributed by atoms with van der Waals surface area (Å²) in [5.74, 6) is -4.95. The molecule has 0 unspecified atom stereocenters. The summed E-state index contributed by atoms with van der Waals surface area (Å²) in [7, 11) is 0. The van der Waals surface area contributed by atoms with Crippen molar-refractivity contribution in [3.05, 3.63) is 35.9 Å². The second-order valence-corrected chi connectivity index (χ2v) is 23.7. The maximum Gasteiger partial charge on any atom is 0.308 e. The second kappa shape index (κ2) is 36.5. The van der Waals surface area contributed by atoms with Gasteiger partial charge in [-0.25, -0.2) is 0 Å². The average Bonchev–Trinajstić information content (AvgIpc) is 3.32. The van der Waals surface area contributed by atoms with E-state index in [1.165, 1.54) is 0 Å². The van der Waals surface area contributed by atoms with Crippen molar-refractivity contribution in [2.24, 2.45) is 64.9 Å². The van der Waals surface area contributed by atoms with Crippen LogP contribution < -0.4 is 48.3 Å². The van der Waals surface area contributed by atoms with Gasteiger partial charge in [0.1, 0.15) is 6.61 Å². The first-order chi connectivity index (χ1) is 36.0. The van der Waals surface area contributed by atoms with E-state index in [1.54, 1.807) is 20.8 Å². The van der Waals surface area contributed by atoms with E-state index in [1.807, 2.05) is 113 Å². The molecule has 8 amide bonds. The minimum Gasteiger partial charge on any atom is -0.461 e. The van der Waals surface area contributed by atoms with Crippen molar-refractivity contribution in [3.63, 3.8) is 0 Å². The monoisotopic (exact) mass is 1080 g/mol. The summed E-state index contributed by atoms with van der Waals surface area (Å²) in [6.07, 6.45) is 1.65. The summed E-state index contributed by atoms with van der Waals surface area (Å²) in [6.45, 7) is 28.9. The number of hydrogen-bond donors (Lipinski definition) is 9. The van der Waals surface area contributed by atoms with Crippen LogP contribution in [0.3, 0.4) is 0 Å². The lowest BCUT2D eigenvalue weighted by atomic mass is 9.93. The molecule has 0 saturated heterocycles. The normalized spacial score (nSPS) is 15.1. The van der Waals surface area contributed by atoms with Crippen LogP contribution in [-0.2, 0) is 54.5 Å². The Bertz CT molecular complexity index is 2000. The van der Waals surface area contributed by atoms with E-state index in [2.05, 4.69) is 42.5 Å². The fraction of sp³-hybridized carbons (Fsp3) is 0.741. The molecule has 1 rings (SSSR count). The van der Waals surface area contributed by atoms with Gasteiger partial charge in [-0.05, 0) is 67.3 Å². The summed E-state index contributed by atoms with van der Waals surface area (Å²) < 4.78 is 5.46. The molecule has 0 heterocycles. The molecule has 0 radical (unpaired) electrons. The molecule has 1 aromatic rings. The third-order valence-corrected chi connectivity index (χ3v) is 13.4. The number of carbonyl (C=O) groups is 9. The smallest absolute Gasteiger partial charge is 0.308 e. The largest absolute Gasteiger partial charge is 0.461 e. The molecule has 19 nitrogen and oxygen atoms in total. The quantitative estimate of drug-likeness (QED) is 0.0398. The lowest BCUT2D eigenvalue weighted by Gasteiger charge is -2.27. The van der Waals surface area contributed by atoms with E-state index in [0.717, 1.165) is 5.56 Å². The number of hydrogen-bond acceptors (Lipinski definition) is 11. The van der Waals surface area contributed by atoms with E-state index < -0.39 is 53.8 Å². The Labute approximate surface area is 461 Å². The van der Waals surface area contributed by atoms with Gasteiger partial charge in [-0.2, -0.15) is 0 Å². The summed E-state index contributed by atoms with van der Waals surface area (Å²) in [5.41, 5.74) is 6.88. The first-order valence-electron chi connectivity index (χ1n) is 28.2. The number of benzene rings is 1.